The fraction of sp³-hybridized carbons (Fsp3) is 0.125. The normalized spacial score (nSPS) is 10.9. The van der Waals surface area contributed by atoms with Crippen molar-refractivity contribution < 1.29 is 4.79 Å². The fourth-order valence-electron chi connectivity index (χ4n) is 1.65. The van der Waals surface area contributed by atoms with Crippen molar-refractivity contribution >= 4 is 23.3 Å². The van der Waals surface area contributed by atoms with Crippen LogP contribution in [0.2, 0.25) is 0 Å². The Balaban J connectivity index is 2.05. The van der Waals surface area contributed by atoms with Gasteiger partial charge < -0.3 is 5.32 Å². The van der Waals surface area contributed by atoms with Gasteiger partial charge in [-0.15, -0.1) is 11.3 Å². The Bertz CT molecular complexity index is 649. The Hall–Kier alpha value is -2.38. The molecule has 20 heavy (non-hydrogen) atoms. The van der Waals surface area contributed by atoms with Gasteiger partial charge in [-0.25, -0.2) is 0 Å². The number of nitrogens with one attached hydrogen (secondary N) is 1. The van der Waals surface area contributed by atoms with E-state index in [-0.39, 0.29) is 11.5 Å². The van der Waals surface area contributed by atoms with Gasteiger partial charge in [-0.2, -0.15) is 5.26 Å². The van der Waals surface area contributed by atoms with Gasteiger partial charge in [0.25, 0.3) is 5.91 Å². The van der Waals surface area contributed by atoms with E-state index in [1.54, 1.807) is 17.4 Å². The summed E-state index contributed by atoms with van der Waals surface area (Å²) in [6.45, 7) is 2.44. The molecule has 4 heteroatoms. The summed E-state index contributed by atoms with van der Waals surface area (Å²) in [5, 5.41) is 13.8. The van der Waals surface area contributed by atoms with Gasteiger partial charge in [0.05, 0.1) is 6.54 Å². The number of aryl methyl sites for hydroxylation is 1. The van der Waals surface area contributed by atoms with Crippen molar-refractivity contribution in [2.45, 2.75) is 13.5 Å². The van der Waals surface area contributed by atoms with Gasteiger partial charge in [0.1, 0.15) is 11.6 Å². The van der Waals surface area contributed by atoms with Crippen LogP contribution in [0, 0.1) is 18.3 Å². The molecule has 0 aliphatic rings. The third kappa shape index (κ3) is 3.81. The number of amides is 1. The minimum absolute atomic E-state index is 0.116. The van der Waals surface area contributed by atoms with E-state index in [1.165, 1.54) is 0 Å². The number of benzene rings is 1. The predicted molar refractivity (Wildman–Crippen MR) is 80.9 cm³/mol. The highest BCUT2D eigenvalue weighted by Gasteiger charge is 2.08. The summed E-state index contributed by atoms with van der Waals surface area (Å²) in [6.07, 6.45) is 1.60. The second-order valence-electron chi connectivity index (χ2n) is 4.34. The lowest BCUT2D eigenvalue weighted by Crippen LogP contribution is -2.23. The Labute approximate surface area is 122 Å². The van der Waals surface area contributed by atoms with E-state index >= 15 is 0 Å². The molecule has 2 rings (SSSR count). The van der Waals surface area contributed by atoms with Crippen LogP contribution in [0.5, 0.6) is 0 Å². The standard InChI is InChI=1S/C16H14N2OS/c1-12-4-6-13(7-5-12)9-14(10-17)16(19)18-11-15-3-2-8-20-15/h2-9H,11H2,1H3,(H,18,19)/b14-9+. The first-order valence-electron chi connectivity index (χ1n) is 6.18. The summed E-state index contributed by atoms with van der Waals surface area (Å²) in [5.41, 5.74) is 2.10. The summed E-state index contributed by atoms with van der Waals surface area (Å²) >= 11 is 1.57. The van der Waals surface area contributed by atoms with E-state index in [0.717, 1.165) is 16.0 Å². The third-order valence-electron chi connectivity index (χ3n) is 2.76. The van der Waals surface area contributed by atoms with Crippen LogP contribution in [0.25, 0.3) is 6.08 Å². The summed E-state index contributed by atoms with van der Waals surface area (Å²) in [4.78, 5) is 13.0. The average Bonchev–Trinajstić information content (AvgIpc) is 2.97. The lowest BCUT2D eigenvalue weighted by molar-refractivity contribution is -0.117. The number of nitrogens with zero attached hydrogens (tertiary/aromatic N) is 1. The summed E-state index contributed by atoms with van der Waals surface area (Å²) < 4.78 is 0. The molecule has 0 radical (unpaired) electrons. The van der Waals surface area contributed by atoms with Crippen LogP contribution in [0.3, 0.4) is 0 Å². The second-order valence-corrected chi connectivity index (χ2v) is 5.37. The van der Waals surface area contributed by atoms with E-state index in [9.17, 15) is 4.79 Å². The quantitative estimate of drug-likeness (QED) is 0.691. The Morgan fingerprint density at radius 1 is 1.35 bits per heavy atom. The minimum Gasteiger partial charge on any atom is -0.347 e. The molecule has 1 amide bonds. The average molecular weight is 282 g/mol. The highest BCUT2D eigenvalue weighted by Crippen LogP contribution is 2.10. The number of hydrogen-bond acceptors (Lipinski definition) is 3. The maximum absolute atomic E-state index is 11.9. The molecule has 1 aromatic heterocycles. The minimum atomic E-state index is -0.346. The topological polar surface area (TPSA) is 52.9 Å². The van der Waals surface area contributed by atoms with E-state index < -0.39 is 0 Å². The predicted octanol–water partition coefficient (Wildman–Crippen LogP) is 3.28. The summed E-state index contributed by atoms with van der Waals surface area (Å²) in [5.74, 6) is -0.346. The molecule has 100 valence electrons. The smallest absolute Gasteiger partial charge is 0.262 e. The maximum Gasteiger partial charge on any atom is 0.262 e. The zero-order valence-electron chi connectivity index (χ0n) is 11.1. The highest BCUT2D eigenvalue weighted by atomic mass is 32.1. The lowest BCUT2D eigenvalue weighted by Gasteiger charge is -2.02. The molecule has 1 heterocycles. The van der Waals surface area contributed by atoms with Crippen LogP contribution in [0.1, 0.15) is 16.0 Å². The molecule has 0 spiro atoms. The summed E-state index contributed by atoms with van der Waals surface area (Å²) in [7, 11) is 0. The van der Waals surface area contributed by atoms with Crippen molar-refractivity contribution in [3.05, 3.63) is 63.4 Å². The van der Waals surface area contributed by atoms with Gasteiger partial charge in [0, 0.05) is 4.88 Å². The van der Waals surface area contributed by atoms with E-state index in [2.05, 4.69) is 5.32 Å². The monoisotopic (exact) mass is 282 g/mol. The number of carbonyl (C=O) groups excluding carboxylic acids is 1. The van der Waals surface area contributed by atoms with E-state index in [1.807, 2.05) is 54.8 Å². The van der Waals surface area contributed by atoms with Crippen LogP contribution in [-0.2, 0) is 11.3 Å². The van der Waals surface area contributed by atoms with Crippen LogP contribution in [0.15, 0.2) is 47.4 Å². The largest absolute Gasteiger partial charge is 0.347 e. The summed E-state index contributed by atoms with van der Waals surface area (Å²) in [6, 6.07) is 13.5. The molecule has 0 bridgehead atoms. The first-order chi connectivity index (χ1) is 9.69. The van der Waals surface area contributed by atoms with Gasteiger partial charge >= 0.3 is 0 Å². The van der Waals surface area contributed by atoms with Crippen LogP contribution in [-0.4, -0.2) is 5.91 Å². The first kappa shape index (κ1) is 14.0. The molecule has 0 fully saturated rings. The second kappa shape index (κ2) is 6.69. The van der Waals surface area contributed by atoms with Gasteiger partial charge in [0.15, 0.2) is 0 Å². The van der Waals surface area contributed by atoms with Crippen molar-refractivity contribution in [2.24, 2.45) is 0 Å². The van der Waals surface area contributed by atoms with Crippen LogP contribution < -0.4 is 5.32 Å². The SMILES string of the molecule is Cc1ccc(/C=C(\C#N)C(=O)NCc2cccs2)cc1. The number of hydrogen-bond donors (Lipinski definition) is 1. The van der Waals surface area contributed by atoms with Crippen molar-refractivity contribution in [2.75, 3.05) is 0 Å². The molecule has 0 aliphatic carbocycles. The van der Waals surface area contributed by atoms with Gasteiger partial charge in [0.2, 0.25) is 0 Å². The third-order valence-corrected chi connectivity index (χ3v) is 3.63. The number of nitriles is 1. The van der Waals surface area contributed by atoms with Crippen LogP contribution in [0.4, 0.5) is 0 Å². The van der Waals surface area contributed by atoms with Crippen molar-refractivity contribution in [3.8, 4) is 6.07 Å². The van der Waals surface area contributed by atoms with E-state index in [4.69, 9.17) is 5.26 Å². The van der Waals surface area contributed by atoms with E-state index in [0.29, 0.717) is 6.54 Å². The molecule has 1 aromatic carbocycles. The molecule has 0 atom stereocenters. The molecule has 0 aliphatic heterocycles. The number of carbonyl (C=O) groups is 1. The number of thiophene rings is 1. The lowest BCUT2D eigenvalue weighted by atomic mass is 10.1. The highest BCUT2D eigenvalue weighted by molar-refractivity contribution is 7.09. The first-order valence-corrected chi connectivity index (χ1v) is 7.06. The molecule has 3 nitrogen and oxygen atoms in total. The molecular formula is C16H14N2OS. The molecule has 2 aromatic rings. The Morgan fingerprint density at radius 3 is 2.70 bits per heavy atom. The molecular weight excluding hydrogens is 268 g/mol. The number of rotatable bonds is 4. The Kier molecular flexibility index (Phi) is 4.70. The molecule has 0 saturated carbocycles. The van der Waals surface area contributed by atoms with Gasteiger partial charge in [-0.1, -0.05) is 35.9 Å². The van der Waals surface area contributed by atoms with Crippen LogP contribution >= 0.6 is 11.3 Å². The zero-order chi connectivity index (χ0) is 14.4. The molecule has 0 unspecified atom stereocenters. The maximum atomic E-state index is 11.9. The van der Waals surface area contributed by atoms with Crippen molar-refractivity contribution in [3.63, 3.8) is 0 Å². The van der Waals surface area contributed by atoms with Crippen molar-refractivity contribution in [1.82, 2.24) is 5.32 Å². The van der Waals surface area contributed by atoms with Gasteiger partial charge in [-0.3, -0.25) is 4.79 Å². The fourth-order valence-corrected chi connectivity index (χ4v) is 2.30. The van der Waals surface area contributed by atoms with Crippen molar-refractivity contribution in [1.29, 1.82) is 5.26 Å². The molecule has 1 N–H and O–H groups in total. The molecule has 0 saturated heterocycles. The van der Waals surface area contributed by atoms with Gasteiger partial charge in [-0.05, 0) is 30.0 Å². The Morgan fingerprint density at radius 2 is 2.10 bits per heavy atom. The zero-order valence-corrected chi connectivity index (χ0v) is 11.9.